The average Bonchev–Trinajstić information content (AvgIpc) is 2.59. The minimum Gasteiger partial charge on any atom is -0.375 e. The Balaban J connectivity index is 1.58. The monoisotopic (exact) mass is 365 g/mol. The Hall–Kier alpha value is -1.86. The van der Waals surface area contributed by atoms with Crippen LogP contribution in [-0.4, -0.2) is 62.0 Å². The van der Waals surface area contributed by atoms with Gasteiger partial charge in [-0.3, -0.25) is 0 Å². The van der Waals surface area contributed by atoms with Gasteiger partial charge in [0.2, 0.25) is 0 Å². The number of anilines is 1. The molecule has 2 aliphatic heterocycles. The van der Waals surface area contributed by atoms with Crippen LogP contribution >= 0.6 is 0 Å². The van der Waals surface area contributed by atoms with Crippen LogP contribution in [0.5, 0.6) is 0 Å². The number of ether oxygens (including phenoxy) is 2. The van der Waals surface area contributed by atoms with Crippen LogP contribution in [0.15, 0.2) is 18.2 Å². The first-order chi connectivity index (χ1) is 12.4. The van der Waals surface area contributed by atoms with Gasteiger partial charge in [0.1, 0.15) is 5.82 Å². The molecule has 2 saturated heterocycles. The van der Waals surface area contributed by atoms with Gasteiger partial charge >= 0.3 is 6.03 Å². The van der Waals surface area contributed by atoms with Gasteiger partial charge in [-0.15, -0.1) is 0 Å². The van der Waals surface area contributed by atoms with Gasteiger partial charge in [0.25, 0.3) is 0 Å². The number of nitrogens with zero attached hydrogens (tertiary/aromatic N) is 2. The Morgan fingerprint density at radius 3 is 2.58 bits per heavy atom. The number of benzene rings is 1. The van der Waals surface area contributed by atoms with Gasteiger partial charge in [0, 0.05) is 32.7 Å². The quantitative estimate of drug-likeness (QED) is 0.894. The fourth-order valence-electron chi connectivity index (χ4n) is 3.58. The lowest BCUT2D eigenvalue weighted by atomic mass is 10.1. The number of nitrogens with one attached hydrogen (secondary N) is 1. The van der Waals surface area contributed by atoms with Gasteiger partial charge in [0.05, 0.1) is 30.6 Å². The van der Waals surface area contributed by atoms with Gasteiger partial charge in [-0.2, -0.15) is 0 Å². The molecule has 0 saturated carbocycles. The van der Waals surface area contributed by atoms with E-state index in [9.17, 15) is 9.18 Å². The van der Waals surface area contributed by atoms with Crippen LogP contribution in [0.3, 0.4) is 0 Å². The molecule has 2 fully saturated rings. The molecule has 1 aromatic rings. The largest absolute Gasteiger partial charge is 0.375 e. The Morgan fingerprint density at radius 1 is 1.19 bits per heavy atom. The molecule has 1 N–H and O–H groups in total. The van der Waals surface area contributed by atoms with Crippen molar-refractivity contribution >= 4 is 11.7 Å². The van der Waals surface area contributed by atoms with Crippen molar-refractivity contribution in [2.24, 2.45) is 0 Å². The van der Waals surface area contributed by atoms with Crippen molar-refractivity contribution in [1.82, 2.24) is 10.2 Å². The molecule has 0 aliphatic carbocycles. The molecular weight excluding hydrogens is 337 g/mol. The van der Waals surface area contributed by atoms with Crippen molar-refractivity contribution < 1.29 is 18.7 Å². The standard InChI is InChI=1S/C19H28FN3O3/c1-13-10-22(6-7-25-13)19(24)21-9-16-4-5-18(17(20)8-16)23-11-14(2)26-15(3)12-23/h4-5,8,13-15H,6-7,9-12H2,1-3H3,(H,21,24)/t13-,14-,15+/m0/s1. The Labute approximate surface area is 154 Å². The van der Waals surface area contributed by atoms with Crippen LogP contribution < -0.4 is 10.2 Å². The molecule has 7 heteroatoms. The summed E-state index contributed by atoms with van der Waals surface area (Å²) in [6.45, 7) is 9.29. The smallest absolute Gasteiger partial charge is 0.317 e. The zero-order valence-electron chi connectivity index (χ0n) is 15.7. The minimum atomic E-state index is -0.266. The molecule has 6 nitrogen and oxygen atoms in total. The molecule has 26 heavy (non-hydrogen) atoms. The lowest BCUT2D eigenvalue weighted by molar-refractivity contribution is -0.00539. The van der Waals surface area contributed by atoms with E-state index < -0.39 is 0 Å². The maximum atomic E-state index is 14.6. The van der Waals surface area contributed by atoms with E-state index in [1.807, 2.05) is 31.7 Å². The van der Waals surface area contributed by atoms with E-state index >= 15 is 0 Å². The van der Waals surface area contributed by atoms with Gasteiger partial charge in [-0.05, 0) is 38.5 Å². The van der Waals surface area contributed by atoms with E-state index in [1.165, 1.54) is 6.07 Å². The molecule has 2 aliphatic rings. The number of carbonyl (C=O) groups excluding carboxylic acids is 1. The number of halogens is 1. The number of amides is 2. The van der Waals surface area contributed by atoms with Gasteiger partial charge in [-0.1, -0.05) is 6.07 Å². The normalized spacial score (nSPS) is 26.7. The van der Waals surface area contributed by atoms with Crippen LogP contribution in [-0.2, 0) is 16.0 Å². The van der Waals surface area contributed by atoms with Crippen LogP contribution in [0.1, 0.15) is 26.3 Å². The van der Waals surface area contributed by atoms with E-state index in [4.69, 9.17) is 9.47 Å². The highest BCUT2D eigenvalue weighted by atomic mass is 19.1. The topological polar surface area (TPSA) is 54.0 Å². The van der Waals surface area contributed by atoms with Crippen LogP contribution in [0.25, 0.3) is 0 Å². The number of rotatable bonds is 3. The summed E-state index contributed by atoms with van der Waals surface area (Å²) >= 11 is 0. The van der Waals surface area contributed by atoms with Crippen molar-refractivity contribution in [3.63, 3.8) is 0 Å². The maximum absolute atomic E-state index is 14.6. The minimum absolute atomic E-state index is 0.0459. The lowest BCUT2D eigenvalue weighted by Crippen LogP contribution is -2.48. The molecular formula is C19H28FN3O3. The SMILES string of the molecule is C[C@@H]1CN(c2ccc(CNC(=O)N3CCO[C@@H](C)C3)cc2F)C[C@H](C)O1. The first-order valence-corrected chi connectivity index (χ1v) is 9.25. The van der Waals surface area contributed by atoms with E-state index in [0.717, 1.165) is 5.56 Å². The second-order valence-corrected chi connectivity index (χ2v) is 7.23. The summed E-state index contributed by atoms with van der Waals surface area (Å²) in [5.74, 6) is -0.266. The highest BCUT2D eigenvalue weighted by molar-refractivity contribution is 5.74. The first-order valence-electron chi connectivity index (χ1n) is 9.25. The number of hydrogen-bond donors (Lipinski definition) is 1. The van der Waals surface area contributed by atoms with Crippen LogP contribution in [0.2, 0.25) is 0 Å². The molecule has 2 amide bonds. The van der Waals surface area contributed by atoms with E-state index in [1.54, 1.807) is 11.0 Å². The highest BCUT2D eigenvalue weighted by Gasteiger charge is 2.24. The number of morpholine rings is 2. The molecule has 1 aromatic carbocycles. The second-order valence-electron chi connectivity index (χ2n) is 7.23. The zero-order chi connectivity index (χ0) is 18.7. The molecule has 2 heterocycles. The van der Waals surface area contributed by atoms with Gasteiger partial charge < -0.3 is 24.6 Å². The number of hydrogen-bond acceptors (Lipinski definition) is 4. The first kappa shape index (κ1) is 18.9. The summed E-state index contributed by atoms with van der Waals surface area (Å²) in [7, 11) is 0. The molecule has 0 aromatic heterocycles. The van der Waals surface area contributed by atoms with Crippen molar-refractivity contribution in [1.29, 1.82) is 0 Å². The molecule has 144 valence electrons. The van der Waals surface area contributed by atoms with Crippen LogP contribution in [0.4, 0.5) is 14.9 Å². The molecule has 0 unspecified atom stereocenters. The van der Waals surface area contributed by atoms with E-state index in [0.29, 0.717) is 45.0 Å². The zero-order valence-corrected chi connectivity index (χ0v) is 15.7. The summed E-state index contributed by atoms with van der Waals surface area (Å²) in [5.41, 5.74) is 1.33. The summed E-state index contributed by atoms with van der Waals surface area (Å²) in [6.07, 6.45) is 0.200. The fourth-order valence-corrected chi connectivity index (χ4v) is 3.58. The van der Waals surface area contributed by atoms with Crippen molar-refractivity contribution in [3.8, 4) is 0 Å². The number of carbonyl (C=O) groups is 1. The van der Waals surface area contributed by atoms with Gasteiger partial charge in [-0.25, -0.2) is 9.18 Å². The van der Waals surface area contributed by atoms with E-state index in [2.05, 4.69) is 5.32 Å². The number of urea groups is 1. The van der Waals surface area contributed by atoms with E-state index in [-0.39, 0.29) is 30.2 Å². The van der Waals surface area contributed by atoms with Gasteiger partial charge in [0.15, 0.2) is 0 Å². The lowest BCUT2D eigenvalue weighted by Gasteiger charge is -2.37. The fraction of sp³-hybridized carbons (Fsp3) is 0.632. The molecule has 0 bridgehead atoms. The summed E-state index contributed by atoms with van der Waals surface area (Å²) in [4.78, 5) is 16.0. The summed E-state index contributed by atoms with van der Waals surface area (Å²) in [6, 6.07) is 5.02. The predicted molar refractivity (Wildman–Crippen MR) is 97.8 cm³/mol. The Morgan fingerprint density at radius 2 is 1.92 bits per heavy atom. The molecule has 3 atom stereocenters. The highest BCUT2D eigenvalue weighted by Crippen LogP contribution is 2.24. The summed E-state index contributed by atoms with van der Waals surface area (Å²) in [5, 5.41) is 2.86. The van der Waals surface area contributed by atoms with Crippen molar-refractivity contribution in [3.05, 3.63) is 29.6 Å². The predicted octanol–water partition coefficient (Wildman–Crippen LogP) is 2.37. The molecule has 3 rings (SSSR count). The van der Waals surface area contributed by atoms with Crippen molar-refractivity contribution in [2.75, 3.05) is 37.7 Å². The Kier molecular flexibility index (Phi) is 5.98. The third kappa shape index (κ3) is 4.65. The third-order valence-electron chi connectivity index (χ3n) is 4.74. The van der Waals surface area contributed by atoms with Crippen LogP contribution in [0, 0.1) is 5.82 Å². The average molecular weight is 365 g/mol. The molecule has 0 radical (unpaired) electrons. The second kappa shape index (κ2) is 8.22. The Bertz CT molecular complexity index is 632. The molecule has 0 spiro atoms. The van der Waals surface area contributed by atoms with Crippen molar-refractivity contribution in [2.45, 2.75) is 45.6 Å². The third-order valence-corrected chi connectivity index (χ3v) is 4.74. The maximum Gasteiger partial charge on any atom is 0.317 e. The summed E-state index contributed by atoms with van der Waals surface area (Å²) < 4.78 is 25.7.